The number of methoxy groups -OCH3 is 2. The van der Waals surface area contributed by atoms with E-state index in [-0.39, 0.29) is 73.1 Å². The fourth-order valence-electron chi connectivity index (χ4n) is 9.26. The number of likely N-dealkylation sites (N-methyl/N-ethyl adjacent to an activating group) is 2. The molecule has 3 N–H and O–H groups in total. The van der Waals surface area contributed by atoms with Crippen molar-refractivity contribution in [2.24, 2.45) is 23.7 Å². The highest BCUT2D eigenvalue weighted by atomic mass is 16.5. The molecule has 0 radical (unpaired) electrons. The molecular weight excluding hydrogens is 849 g/mol. The van der Waals surface area contributed by atoms with Crippen molar-refractivity contribution in [1.82, 2.24) is 30.2 Å². The van der Waals surface area contributed by atoms with Crippen LogP contribution in [0.25, 0.3) is 0 Å². The summed E-state index contributed by atoms with van der Waals surface area (Å²) in [6.45, 7) is 13.6. The maximum atomic E-state index is 14.6. The first-order chi connectivity index (χ1) is 31.2. The molecule has 66 heavy (non-hydrogen) atoms. The van der Waals surface area contributed by atoms with Crippen LogP contribution in [-0.2, 0) is 54.3 Å². The molecule has 0 saturated carbocycles. The smallest absolute Gasteiger partial charge is 0.326 e. The maximum Gasteiger partial charge on any atom is 0.326 e. The number of carboxylic acid groups (broad SMARTS) is 1. The zero-order valence-electron chi connectivity index (χ0n) is 41.0. The number of likely N-dealkylation sites (tertiary alicyclic amines) is 1. The second kappa shape index (κ2) is 26.2. The predicted octanol–water partition coefficient (Wildman–Crippen LogP) is 3.83. The molecule has 1 aromatic rings. The van der Waals surface area contributed by atoms with E-state index in [4.69, 9.17) is 9.47 Å². The van der Waals surface area contributed by atoms with Crippen molar-refractivity contribution in [2.75, 3.05) is 41.4 Å². The Morgan fingerprint density at radius 1 is 0.833 bits per heavy atom. The summed E-state index contributed by atoms with van der Waals surface area (Å²) in [5, 5.41) is 15.6. The monoisotopic (exact) mass is 925 g/mol. The molecule has 2 heterocycles. The lowest BCUT2D eigenvalue weighted by Gasteiger charge is -2.41. The van der Waals surface area contributed by atoms with E-state index in [1.54, 1.807) is 55.1 Å². The average molecular weight is 925 g/mol. The molecule has 0 unspecified atom stereocenters. The fraction of sp³-hybridized carbons (Fsp3) is 0.673. The second-order valence-corrected chi connectivity index (χ2v) is 18.6. The number of carbonyl (C=O) groups excluding carboxylic acids is 7. The SMILES string of the molecule is CC[C@H](C)[C@@H]([C@@H](CC(=O)N1CCC[C@H]1[C@H](OC)[C@@H](C)C(=O)N[C@H](Cc1ccccc1)C(=O)O)OC)N(C)C(=O)[C@@H](NC(=O)[C@H](C(C)C)N(C)C(=O)CCCCCN1C(=O)C=CC1=O)C(C)C. The van der Waals surface area contributed by atoms with E-state index in [0.29, 0.717) is 45.1 Å². The van der Waals surface area contributed by atoms with E-state index in [0.717, 1.165) is 5.56 Å². The van der Waals surface area contributed by atoms with Gasteiger partial charge in [-0.3, -0.25) is 38.5 Å². The van der Waals surface area contributed by atoms with Crippen molar-refractivity contribution in [3.8, 4) is 0 Å². The minimum atomic E-state index is -1.16. The zero-order valence-corrected chi connectivity index (χ0v) is 41.0. The molecule has 0 aromatic heterocycles. The molecule has 3 rings (SSSR count). The van der Waals surface area contributed by atoms with Gasteiger partial charge in [0.25, 0.3) is 11.8 Å². The van der Waals surface area contributed by atoms with E-state index in [1.807, 2.05) is 47.6 Å². The van der Waals surface area contributed by atoms with Crippen molar-refractivity contribution in [1.29, 1.82) is 0 Å². The summed E-state index contributed by atoms with van der Waals surface area (Å²) in [6.07, 6.45) is 4.72. The quantitative estimate of drug-likeness (QED) is 0.0853. The molecule has 9 atom stereocenters. The number of carbonyl (C=O) groups is 8. The number of carboxylic acids is 1. The van der Waals surface area contributed by atoms with Crippen LogP contribution in [0.1, 0.15) is 105 Å². The molecule has 0 spiro atoms. The molecule has 2 aliphatic heterocycles. The van der Waals surface area contributed by atoms with Crippen LogP contribution in [-0.4, -0.2) is 156 Å². The van der Waals surface area contributed by atoms with Gasteiger partial charge >= 0.3 is 5.97 Å². The van der Waals surface area contributed by atoms with E-state index in [1.165, 1.54) is 36.2 Å². The van der Waals surface area contributed by atoms with E-state index in [2.05, 4.69) is 10.6 Å². The summed E-state index contributed by atoms with van der Waals surface area (Å²) in [5.41, 5.74) is 0.762. The Morgan fingerprint density at radius 2 is 1.47 bits per heavy atom. The first-order valence-corrected chi connectivity index (χ1v) is 23.5. The summed E-state index contributed by atoms with van der Waals surface area (Å²) in [7, 11) is 6.21. The number of unbranched alkanes of at least 4 members (excludes halogenated alkanes) is 2. The van der Waals surface area contributed by atoms with Gasteiger partial charge in [0.2, 0.25) is 29.5 Å². The summed E-state index contributed by atoms with van der Waals surface area (Å²) < 4.78 is 11.9. The van der Waals surface area contributed by atoms with Gasteiger partial charge in [0.1, 0.15) is 18.1 Å². The topological polar surface area (TPSA) is 212 Å². The molecule has 2 aliphatic rings. The highest BCUT2D eigenvalue weighted by Gasteiger charge is 2.44. The molecule has 7 amide bonds. The zero-order chi connectivity index (χ0) is 49.4. The van der Waals surface area contributed by atoms with Crippen molar-refractivity contribution >= 4 is 47.3 Å². The van der Waals surface area contributed by atoms with Crippen LogP contribution in [0.3, 0.4) is 0 Å². The van der Waals surface area contributed by atoms with Crippen molar-refractivity contribution in [3.63, 3.8) is 0 Å². The molecule has 1 fully saturated rings. The van der Waals surface area contributed by atoms with E-state index >= 15 is 0 Å². The number of imide groups is 1. The Morgan fingerprint density at radius 3 is 2.02 bits per heavy atom. The standard InChI is InChI=1S/C49H76N6O11/c1-12-32(6)44(37(65-10)29-41(59)54-27-19-22-36(54)45(66-11)33(7)46(60)50-35(49(63)64)28-34-20-15-13-16-21-34)53(9)48(62)42(30(2)3)51-47(61)43(31(4)5)52(8)38(56)23-17-14-18-26-55-39(57)24-25-40(55)58/h13,15-16,20-21,24-25,30-33,35-37,42-45H,12,14,17-19,22-23,26-29H2,1-11H3,(H,50,60)(H,51,61)(H,63,64)/t32-,33+,35+,36-,37+,42-,43-,44-,45+/m0/s1. The Labute approximate surface area is 391 Å². The van der Waals surface area contributed by atoms with Crippen LogP contribution in [0.15, 0.2) is 42.5 Å². The van der Waals surface area contributed by atoms with Gasteiger partial charge < -0.3 is 39.9 Å². The first-order valence-electron chi connectivity index (χ1n) is 23.5. The van der Waals surface area contributed by atoms with Gasteiger partial charge in [-0.2, -0.15) is 0 Å². The lowest BCUT2D eigenvalue weighted by atomic mass is 9.89. The molecule has 1 aromatic carbocycles. The number of nitrogens with zero attached hydrogens (tertiary/aromatic N) is 4. The normalized spacial score (nSPS) is 18.7. The average Bonchev–Trinajstić information content (AvgIpc) is 3.89. The van der Waals surface area contributed by atoms with Crippen molar-refractivity contribution in [2.45, 2.75) is 149 Å². The van der Waals surface area contributed by atoms with Crippen molar-refractivity contribution < 1.29 is 52.9 Å². The lowest BCUT2D eigenvalue weighted by molar-refractivity contribution is -0.149. The molecule has 17 nitrogen and oxygen atoms in total. The van der Waals surface area contributed by atoms with Gasteiger partial charge in [0.05, 0.1) is 36.6 Å². The number of hydrogen-bond donors (Lipinski definition) is 3. The largest absolute Gasteiger partial charge is 0.480 e. The third-order valence-electron chi connectivity index (χ3n) is 13.3. The minimum Gasteiger partial charge on any atom is -0.480 e. The number of nitrogens with one attached hydrogen (secondary N) is 2. The Bertz CT molecular complexity index is 1840. The predicted molar refractivity (Wildman–Crippen MR) is 248 cm³/mol. The molecular formula is C49H76N6O11. The van der Waals surface area contributed by atoms with Crippen molar-refractivity contribution in [3.05, 3.63) is 48.0 Å². The highest BCUT2D eigenvalue weighted by molar-refractivity contribution is 6.12. The lowest BCUT2D eigenvalue weighted by Crippen LogP contribution is -2.60. The summed E-state index contributed by atoms with van der Waals surface area (Å²) in [5.74, 6) is -5.24. The Hall–Kier alpha value is -5.16. The summed E-state index contributed by atoms with van der Waals surface area (Å²) >= 11 is 0. The number of hydrogen-bond acceptors (Lipinski definition) is 10. The van der Waals surface area contributed by atoms with Crippen LogP contribution in [0.4, 0.5) is 0 Å². The van der Waals surface area contributed by atoms with Crippen LogP contribution >= 0.6 is 0 Å². The second-order valence-electron chi connectivity index (χ2n) is 18.6. The van der Waals surface area contributed by atoms with Crippen LogP contribution < -0.4 is 10.6 Å². The molecule has 0 bridgehead atoms. The number of benzene rings is 1. The molecule has 0 aliphatic carbocycles. The van der Waals surface area contributed by atoms with Gasteiger partial charge in [-0.15, -0.1) is 0 Å². The van der Waals surface area contributed by atoms with Gasteiger partial charge in [-0.25, -0.2) is 4.79 Å². The van der Waals surface area contributed by atoms with Gasteiger partial charge in [0, 0.05) is 66.4 Å². The number of ether oxygens (including phenoxy) is 2. The Kier molecular flexibility index (Phi) is 21.9. The van der Waals surface area contributed by atoms with Crippen LogP contribution in [0.5, 0.6) is 0 Å². The van der Waals surface area contributed by atoms with E-state index in [9.17, 15) is 43.5 Å². The van der Waals surface area contributed by atoms with Gasteiger partial charge in [-0.1, -0.05) is 91.6 Å². The fourth-order valence-corrected chi connectivity index (χ4v) is 9.26. The van der Waals surface area contributed by atoms with Gasteiger partial charge in [-0.05, 0) is 49.0 Å². The third kappa shape index (κ3) is 14.7. The highest BCUT2D eigenvalue weighted by Crippen LogP contribution is 2.30. The Balaban J connectivity index is 1.71. The molecule has 368 valence electrons. The van der Waals surface area contributed by atoms with Gasteiger partial charge in [0.15, 0.2) is 0 Å². The number of amides is 7. The first kappa shape index (κ1) is 55.2. The van der Waals surface area contributed by atoms with E-state index < -0.39 is 66.1 Å². The van der Waals surface area contributed by atoms with Crippen LogP contribution in [0.2, 0.25) is 0 Å². The summed E-state index contributed by atoms with van der Waals surface area (Å²) in [6, 6.07) is 4.97. The third-order valence-corrected chi connectivity index (χ3v) is 13.3. The summed E-state index contributed by atoms with van der Waals surface area (Å²) in [4.78, 5) is 112. The molecule has 17 heteroatoms. The van der Waals surface area contributed by atoms with Crippen LogP contribution in [0, 0.1) is 23.7 Å². The maximum absolute atomic E-state index is 14.6. The minimum absolute atomic E-state index is 0.0818. The number of rotatable bonds is 27. The molecule has 1 saturated heterocycles. The number of aliphatic carboxylic acids is 1.